The van der Waals surface area contributed by atoms with Gasteiger partial charge in [-0.2, -0.15) is 0 Å². The van der Waals surface area contributed by atoms with Crippen LogP contribution in [0, 0.1) is 0 Å². The quantitative estimate of drug-likeness (QED) is 0.537. The smallest absolute Gasteiger partial charge is 0.238 e. The molecule has 2 N–H and O–H groups in total. The van der Waals surface area contributed by atoms with Crippen LogP contribution in [0.5, 0.6) is 0 Å². The van der Waals surface area contributed by atoms with E-state index < -0.39 is 0 Å². The Hall–Kier alpha value is -2.80. The van der Waals surface area contributed by atoms with Gasteiger partial charge in [0, 0.05) is 10.6 Å². The van der Waals surface area contributed by atoms with Gasteiger partial charge in [0.2, 0.25) is 11.8 Å². The van der Waals surface area contributed by atoms with Gasteiger partial charge < -0.3 is 15.1 Å². The lowest BCUT2D eigenvalue weighted by atomic mass is 10.2. The van der Waals surface area contributed by atoms with Gasteiger partial charge in [-0.1, -0.05) is 35.3 Å². The summed E-state index contributed by atoms with van der Waals surface area (Å²) in [6.45, 7) is 0.382. The van der Waals surface area contributed by atoms with Crippen molar-refractivity contribution in [3.63, 3.8) is 0 Å². The van der Waals surface area contributed by atoms with Gasteiger partial charge in [0.1, 0.15) is 11.5 Å². The molecule has 0 fully saturated rings. The van der Waals surface area contributed by atoms with E-state index in [9.17, 15) is 9.59 Å². The van der Waals surface area contributed by atoms with Gasteiger partial charge in [-0.15, -0.1) is 0 Å². The summed E-state index contributed by atoms with van der Waals surface area (Å²) < 4.78 is 5.76. The highest BCUT2D eigenvalue weighted by Gasteiger charge is 2.13. The van der Waals surface area contributed by atoms with Crippen molar-refractivity contribution in [2.75, 3.05) is 25.5 Å². The fourth-order valence-electron chi connectivity index (χ4n) is 2.78. The molecule has 0 saturated carbocycles. The number of nitrogens with one attached hydrogen (secondary N) is 2. The molecule has 6 nitrogen and oxygen atoms in total. The number of anilines is 1. The molecule has 0 spiro atoms. The molecular formula is C22H21Cl2N3O3. The van der Waals surface area contributed by atoms with E-state index in [0.29, 0.717) is 27.3 Å². The number of halogens is 2. The van der Waals surface area contributed by atoms with Crippen LogP contribution in [-0.2, 0) is 16.1 Å². The Kier molecular flexibility index (Phi) is 7.52. The summed E-state index contributed by atoms with van der Waals surface area (Å²) in [5.41, 5.74) is 1.44. The summed E-state index contributed by atoms with van der Waals surface area (Å²) in [5.74, 6) is 0.862. The maximum atomic E-state index is 12.2. The van der Waals surface area contributed by atoms with Crippen LogP contribution in [0.3, 0.4) is 0 Å². The maximum Gasteiger partial charge on any atom is 0.238 e. The molecule has 30 heavy (non-hydrogen) atoms. The van der Waals surface area contributed by atoms with Gasteiger partial charge in [0.15, 0.2) is 0 Å². The van der Waals surface area contributed by atoms with Gasteiger partial charge in [-0.25, -0.2) is 0 Å². The minimum absolute atomic E-state index is 0.0557. The van der Waals surface area contributed by atoms with Crippen molar-refractivity contribution in [1.29, 1.82) is 0 Å². The third-order valence-electron chi connectivity index (χ3n) is 4.23. The highest BCUT2D eigenvalue weighted by molar-refractivity contribution is 6.33. The van der Waals surface area contributed by atoms with Crippen LogP contribution in [0.2, 0.25) is 10.0 Å². The van der Waals surface area contributed by atoms with Gasteiger partial charge >= 0.3 is 0 Å². The number of para-hydroxylation sites is 1. The molecule has 156 valence electrons. The van der Waals surface area contributed by atoms with Crippen LogP contribution >= 0.6 is 23.2 Å². The van der Waals surface area contributed by atoms with E-state index in [1.807, 2.05) is 24.3 Å². The highest BCUT2D eigenvalue weighted by atomic mass is 35.5. The number of nitrogens with zero attached hydrogens (tertiary/aromatic N) is 1. The van der Waals surface area contributed by atoms with E-state index in [4.69, 9.17) is 27.6 Å². The summed E-state index contributed by atoms with van der Waals surface area (Å²) in [5, 5.41) is 6.63. The second-order valence-corrected chi connectivity index (χ2v) is 7.59. The monoisotopic (exact) mass is 445 g/mol. The average Bonchev–Trinajstić information content (AvgIpc) is 3.17. The van der Waals surface area contributed by atoms with E-state index in [2.05, 4.69) is 10.6 Å². The van der Waals surface area contributed by atoms with Gasteiger partial charge in [-0.3, -0.25) is 14.5 Å². The topological polar surface area (TPSA) is 74.6 Å². The molecule has 0 unspecified atom stereocenters. The number of rotatable bonds is 8. The Balaban J connectivity index is 1.43. The lowest BCUT2D eigenvalue weighted by molar-refractivity contribution is -0.123. The molecule has 0 aliphatic rings. The predicted molar refractivity (Wildman–Crippen MR) is 119 cm³/mol. The number of benzene rings is 2. The molecule has 3 rings (SSSR count). The zero-order valence-corrected chi connectivity index (χ0v) is 17.8. The van der Waals surface area contributed by atoms with Crippen LogP contribution in [0.4, 0.5) is 5.69 Å². The summed E-state index contributed by atoms with van der Waals surface area (Å²) in [4.78, 5) is 25.9. The number of amides is 2. The van der Waals surface area contributed by atoms with Gasteiger partial charge in [0.25, 0.3) is 0 Å². The van der Waals surface area contributed by atoms with Crippen LogP contribution in [0.25, 0.3) is 11.3 Å². The summed E-state index contributed by atoms with van der Waals surface area (Å²) in [6.07, 6.45) is 0. The average molecular weight is 446 g/mol. The maximum absolute atomic E-state index is 12.2. The van der Waals surface area contributed by atoms with E-state index in [1.165, 1.54) is 0 Å². The van der Waals surface area contributed by atoms with E-state index in [1.54, 1.807) is 48.3 Å². The van der Waals surface area contributed by atoms with E-state index >= 15 is 0 Å². The Morgan fingerprint density at radius 2 is 1.63 bits per heavy atom. The standard InChI is InChI=1S/C22H21Cl2N3O3/c1-27(14-22(29)26-19-5-3-2-4-18(19)24)13-21(28)25-12-17-10-11-20(30-17)15-6-8-16(23)9-7-15/h2-11H,12-14H2,1H3,(H,25,28)(H,26,29). The summed E-state index contributed by atoms with van der Waals surface area (Å²) >= 11 is 11.9. The number of hydrogen-bond acceptors (Lipinski definition) is 4. The Morgan fingerprint density at radius 3 is 2.37 bits per heavy atom. The molecule has 8 heteroatoms. The fraction of sp³-hybridized carbons (Fsp3) is 0.182. The molecule has 1 heterocycles. The Morgan fingerprint density at radius 1 is 0.933 bits per heavy atom. The van der Waals surface area contributed by atoms with Crippen molar-refractivity contribution in [3.05, 3.63) is 76.5 Å². The summed E-state index contributed by atoms with van der Waals surface area (Å²) in [6, 6.07) is 17.9. The number of hydrogen-bond donors (Lipinski definition) is 2. The SMILES string of the molecule is CN(CC(=O)NCc1ccc(-c2ccc(Cl)cc2)o1)CC(=O)Nc1ccccc1Cl. The molecule has 0 saturated heterocycles. The lowest BCUT2D eigenvalue weighted by Crippen LogP contribution is -2.38. The van der Waals surface area contributed by atoms with Crippen molar-refractivity contribution in [2.45, 2.75) is 6.54 Å². The normalized spacial score (nSPS) is 10.8. The van der Waals surface area contributed by atoms with E-state index in [0.717, 1.165) is 5.56 Å². The lowest BCUT2D eigenvalue weighted by Gasteiger charge is -2.16. The molecule has 0 atom stereocenters. The zero-order valence-electron chi connectivity index (χ0n) is 16.3. The molecule has 3 aromatic rings. The van der Waals surface area contributed by atoms with Crippen molar-refractivity contribution < 1.29 is 14.0 Å². The first-order chi connectivity index (χ1) is 14.4. The highest BCUT2D eigenvalue weighted by Crippen LogP contribution is 2.24. The molecule has 0 aliphatic heterocycles. The minimum Gasteiger partial charge on any atom is -0.459 e. The van der Waals surface area contributed by atoms with Gasteiger partial charge in [0.05, 0.1) is 30.3 Å². The second-order valence-electron chi connectivity index (χ2n) is 6.75. The number of carbonyl (C=O) groups is 2. The van der Waals surface area contributed by atoms with E-state index in [-0.39, 0.29) is 31.4 Å². The first kappa shape index (κ1) is 21.9. The first-order valence-corrected chi connectivity index (χ1v) is 10.0. The zero-order chi connectivity index (χ0) is 21.5. The molecule has 0 aliphatic carbocycles. The molecule has 2 aromatic carbocycles. The van der Waals surface area contributed by atoms with Crippen molar-refractivity contribution in [1.82, 2.24) is 10.2 Å². The molecule has 0 bridgehead atoms. The van der Waals surface area contributed by atoms with Crippen LogP contribution in [0.15, 0.2) is 65.1 Å². The molecule has 0 radical (unpaired) electrons. The third-order valence-corrected chi connectivity index (χ3v) is 4.81. The van der Waals surface area contributed by atoms with Crippen LogP contribution in [0.1, 0.15) is 5.76 Å². The van der Waals surface area contributed by atoms with Crippen molar-refractivity contribution >= 4 is 40.7 Å². The van der Waals surface area contributed by atoms with Crippen molar-refractivity contribution in [3.8, 4) is 11.3 Å². The third kappa shape index (κ3) is 6.35. The molecule has 1 aromatic heterocycles. The van der Waals surface area contributed by atoms with Crippen LogP contribution in [-0.4, -0.2) is 36.9 Å². The predicted octanol–water partition coefficient (Wildman–Crippen LogP) is 4.44. The van der Waals surface area contributed by atoms with Crippen molar-refractivity contribution in [2.24, 2.45) is 0 Å². The number of furan rings is 1. The van der Waals surface area contributed by atoms with Crippen LogP contribution < -0.4 is 10.6 Å². The summed E-state index contributed by atoms with van der Waals surface area (Å²) in [7, 11) is 1.69. The Labute approximate surface area is 184 Å². The minimum atomic E-state index is -0.253. The Bertz CT molecular complexity index is 1020. The number of likely N-dealkylation sites (N-methyl/N-ethyl adjacent to an activating group) is 1. The molecular weight excluding hydrogens is 425 g/mol. The second kappa shape index (κ2) is 10.3. The first-order valence-electron chi connectivity index (χ1n) is 9.25. The number of carbonyl (C=O) groups excluding carboxylic acids is 2. The fourth-order valence-corrected chi connectivity index (χ4v) is 3.09. The largest absolute Gasteiger partial charge is 0.459 e. The molecule has 2 amide bonds. The van der Waals surface area contributed by atoms with Gasteiger partial charge in [-0.05, 0) is 55.6 Å².